The minimum Gasteiger partial charge on any atom is -0.361 e. The number of aromatic nitrogens is 5. The van der Waals surface area contributed by atoms with E-state index in [4.69, 9.17) is 16.7 Å². The summed E-state index contributed by atoms with van der Waals surface area (Å²) in [6.45, 7) is 2.50. The number of nitrogens with one attached hydrogen (secondary N) is 1. The molecule has 29 heavy (non-hydrogen) atoms. The minimum absolute atomic E-state index is 0.0422. The molecule has 0 fully saturated rings. The van der Waals surface area contributed by atoms with Crippen molar-refractivity contribution in [2.45, 2.75) is 37.6 Å². The third-order valence-corrected chi connectivity index (χ3v) is 4.78. The lowest BCUT2D eigenvalue weighted by molar-refractivity contribution is -0.162. The van der Waals surface area contributed by atoms with Gasteiger partial charge in [-0.1, -0.05) is 6.07 Å². The second-order valence-electron chi connectivity index (χ2n) is 6.08. The fourth-order valence-electron chi connectivity index (χ4n) is 2.58. The number of anilines is 1. The lowest BCUT2D eigenvalue weighted by Crippen LogP contribution is -2.35. The van der Waals surface area contributed by atoms with E-state index in [1.54, 1.807) is 12.1 Å². The van der Waals surface area contributed by atoms with Crippen LogP contribution in [0.4, 0.5) is 19.0 Å². The molecule has 8 nitrogen and oxygen atoms in total. The van der Waals surface area contributed by atoms with Crippen molar-refractivity contribution in [3.05, 3.63) is 45.2 Å². The molecular weight excluding hydrogens is 431 g/mol. The van der Waals surface area contributed by atoms with Crippen LogP contribution in [0.1, 0.15) is 24.2 Å². The van der Waals surface area contributed by atoms with Gasteiger partial charge in [-0.2, -0.15) is 18.2 Å². The summed E-state index contributed by atoms with van der Waals surface area (Å²) in [5, 5.41) is 8.51. The monoisotopic (exact) mass is 445 g/mol. The Morgan fingerprint density at radius 1 is 1.31 bits per heavy atom. The van der Waals surface area contributed by atoms with Gasteiger partial charge in [0.1, 0.15) is 16.6 Å². The fraction of sp³-hybridized carbons (Fsp3) is 0.312. The molecule has 154 valence electrons. The standard InChI is InChI=1S/C16H15ClF3N7OS/c1-7-11-13(26-15(17)24-7)27(8(2)16(18,19)20)14(28)12(25-11)23-6-9-3-4-10(29-21)22-5-9/h3-5,8H,6,21H2,1-2H3,(H,23,25). The van der Waals surface area contributed by atoms with E-state index in [0.29, 0.717) is 15.2 Å². The largest absolute Gasteiger partial charge is 0.409 e. The highest BCUT2D eigenvalue weighted by Crippen LogP contribution is 2.31. The normalized spacial score (nSPS) is 12.9. The van der Waals surface area contributed by atoms with Crippen molar-refractivity contribution in [1.82, 2.24) is 24.5 Å². The topological polar surface area (TPSA) is 112 Å². The number of rotatable bonds is 5. The van der Waals surface area contributed by atoms with Crippen LogP contribution in [0.25, 0.3) is 11.2 Å². The molecule has 0 bridgehead atoms. The summed E-state index contributed by atoms with van der Waals surface area (Å²) < 4.78 is 40.7. The Kier molecular flexibility index (Phi) is 5.96. The van der Waals surface area contributed by atoms with Gasteiger partial charge < -0.3 is 5.32 Å². The van der Waals surface area contributed by atoms with Crippen molar-refractivity contribution in [2.75, 3.05) is 5.32 Å². The second-order valence-corrected chi connectivity index (χ2v) is 7.07. The highest BCUT2D eigenvalue weighted by molar-refractivity contribution is 7.97. The van der Waals surface area contributed by atoms with E-state index >= 15 is 0 Å². The number of hydrogen-bond donors (Lipinski definition) is 2. The molecule has 0 saturated heterocycles. The first-order valence-electron chi connectivity index (χ1n) is 8.20. The summed E-state index contributed by atoms with van der Waals surface area (Å²) in [4.78, 5) is 28.8. The van der Waals surface area contributed by atoms with E-state index < -0.39 is 17.8 Å². The molecule has 3 aromatic rings. The van der Waals surface area contributed by atoms with Gasteiger partial charge in [-0.25, -0.2) is 15.0 Å². The molecule has 3 heterocycles. The van der Waals surface area contributed by atoms with Crippen LogP contribution in [-0.4, -0.2) is 30.7 Å². The lowest BCUT2D eigenvalue weighted by Gasteiger charge is -2.21. The van der Waals surface area contributed by atoms with Gasteiger partial charge >= 0.3 is 6.18 Å². The molecule has 1 atom stereocenters. The van der Waals surface area contributed by atoms with Crippen molar-refractivity contribution >= 4 is 40.5 Å². The lowest BCUT2D eigenvalue weighted by atomic mass is 10.2. The Morgan fingerprint density at radius 2 is 2.03 bits per heavy atom. The first-order chi connectivity index (χ1) is 13.6. The number of alkyl halides is 3. The van der Waals surface area contributed by atoms with Crippen LogP contribution in [0.5, 0.6) is 0 Å². The van der Waals surface area contributed by atoms with Crippen LogP contribution in [0, 0.1) is 6.92 Å². The zero-order valence-electron chi connectivity index (χ0n) is 15.2. The summed E-state index contributed by atoms with van der Waals surface area (Å²) in [7, 11) is 0. The van der Waals surface area contributed by atoms with E-state index in [0.717, 1.165) is 18.9 Å². The summed E-state index contributed by atoms with van der Waals surface area (Å²) in [6, 6.07) is 1.26. The van der Waals surface area contributed by atoms with Gasteiger partial charge in [0.25, 0.3) is 5.56 Å². The minimum atomic E-state index is -4.68. The number of nitrogens with two attached hydrogens (primary N) is 1. The maximum absolute atomic E-state index is 13.4. The number of halogens is 4. The Morgan fingerprint density at radius 3 is 2.62 bits per heavy atom. The molecule has 0 amide bonds. The Bertz CT molecular complexity index is 1100. The molecule has 1 unspecified atom stereocenters. The molecule has 0 saturated carbocycles. The fourth-order valence-corrected chi connectivity index (χ4v) is 3.05. The second kappa shape index (κ2) is 8.13. The number of pyridine rings is 1. The molecule has 0 spiro atoms. The van der Waals surface area contributed by atoms with Crippen LogP contribution < -0.4 is 16.0 Å². The SMILES string of the molecule is Cc1nc(Cl)nc2c1nc(NCc1ccc(SN)nc1)c(=O)n2C(C)C(F)(F)F. The van der Waals surface area contributed by atoms with E-state index in [2.05, 4.69) is 25.3 Å². The smallest absolute Gasteiger partial charge is 0.361 e. The predicted molar refractivity (Wildman–Crippen MR) is 104 cm³/mol. The Balaban J connectivity index is 2.09. The molecule has 0 aromatic carbocycles. The van der Waals surface area contributed by atoms with Crippen molar-refractivity contribution in [1.29, 1.82) is 0 Å². The molecule has 0 aliphatic heterocycles. The average Bonchev–Trinajstić information content (AvgIpc) is 2.66. The van der Waals surface area contributed by atoms with Crippen LogP contribution in [0.3, 0.4) is 0 Å². The predicted octanol–water partition coefficient (Wildman–Crippen LogP) is 3.24. The van der Waals surface area contributed by atoms with Crippen LogP contribution in [0.15, 0.2) is 28.2 Å². The van der Waals surface area contributed by atoms with Crippen molar-refractivity contribution in [2.24, 2.45) is 5.14 Å². The third kappa shape index (κ3) is 4.43. The molecule has 13 heteroatoms. The van der Waals surface area contributed by atoms with Crippen molar-refractivity contribution in [3.8, 4) is 0 Å². The number of fused-ring (bicyclic) bond motifs is 1. The molecule has 3 aromatic heterocycles. The van der Waals surface area contributed by atoms with E-state index in [1.165, 1.54) is 13.1 Å². The first-order valence-corrected chi connectivity index (χ1v) is 9.46. The number of hydrogen-bond acceptors (Lipinski definition) is 8. The van der Waals surface area contributed by atoms with Gasteiger partial charge in [0, 0.05) is 12.7 Å². The molecule has 0 aliphatic rings. The summed E-state index contributed by atoms with van der Waals surface area (Å²) >= 11 is 6.77. The van der Waals surface area contributed by atoms with Crippen LogP contribution >= 0.6 is 23.5 Å². The summed E-state index contributed by atoms with van der Waals surface area (Å²) in [6.07, 6.45) is -3.14. The van der Waals surface area contributed by atoms with E-state index in [1.807, 2.05) is 0 Å². The Hall–Kier alpha value is -2.44. The van der Waals surface area contributed by atoms with Crippen molar-refractivity contribution in [3.63, 3.8) is 0 Å². The number of nitrogens with zero attached hydrogens (tertiary/aromatic N) is 5. The van der Waals surface area contributed by atoms with E-state index in [-0.39, 0.29) is 34.5 Å². The van der Waals surface area contributed by atoms with E-state index in [9.17, 15) is 18.0 Å². The third-order valence-electron chi connectivity index (χ3n) is 4.13. The number of aryl methyl sites for hydroxylation is 1. The van der Waals surface area contributed by atoms with Gasteiger partial charge in [0.15, 0.2) is 11.5 Å². The van der Waals surface area contributed by atoms with Crippen LogP contribution in [0.2, 0.25) is 5.28 Å². The molecule has 3 rings (SSSR count). The van der Waals surface area contributed by atoms with Gasteiger partial charge in [0.05, 0.1) is 5.69 Å². The van der Waals surface area contributed by atoms with Gasteiger partial charge in [-0.3, -0.25) is 14.5 Å². The van der Waals surface area contributed by atoms with Gasteiger partial charge in [0.2, 0.25) is 5.28 Å². The van der Waals surface area contributed by atoms with Gasteiger partial charge in [-0.05, 0) is 49.0 Å². The summed E-state index contributed by atoms with van der Waals surface area (Å²) in [5.74, 6) is -0.264. The summed E-state index contributed by atoms with van der Waals surface area (Å²) in [5.41, 5.74) is -0.284. The Labute approximate surface area is 171 Å². The van der Waals surface area contributed by atoms with Crippen LogP contribution in [-0.2, 0) is 6.54 Å². The highest BCUT2D eigenvalue weighted by atomic mass is 35.5. The molecule has 0 radical (unpaired) electrons. The maximum Gasteiger partial charge on any atom is 0.409 e. The van der Waals surface area contributed by atoms with Gasteiger partial charge in [-0.15, -0.1) is 0 Å². The maximum atomic E-state index is 13.4. The quantitative estimate of drug-likeness (QED) is 0.454. The van der Waals surface area contributed by atoms with Crippen molar-refractivity contribution < 1.29 is 13.2 Å². The highest BCUT2D eigenvalue weighted by Gasteiger charge is 2.39. The zero-order chi connectivity index (χ0) is 21.3. The average molecular weight is 446 g/mol. The zero-order valence-corrected chi connectivity index (χ0v) is 16.7. The molecule has 3 N–H and O–H groups in total. The molecule has 0 aliphatic carbocycles. The molecular formula is C16H15ClF3N7OS. The first kappa shape index (κ1) is 21.3.